The van der Waals surface area contributed by atoms with Gasteiger partial charge in [0.05, 0.1) is 16.7 Å². The minimum Gasteiger partial charge on any atom is -0.368 e. The van der Waals surface area contributed by atoms with Crippen LogP contribution in [-0.4, -0.2) is 26.7 Å². The first kappa shape index (κ1) is 19.5. The zero-order chi connectivity index (χ0) is 21.3. The molecule has 8 heteroatoms. The molecular formula is C22H20FN5O2. The first-order chi connectivity index (χ1) is 14.3. The SMILES string of the molecule is CC(C)(CNc1ccc(-c2ccc3[nH]c(=O)c(=O)[nH]c3c2)nn1)c1ccc(F)cc1. The molecule has 0 unspecified atom stereocenters. The predicted molar refractivity (Wildman–Crippen MR) is 114 cm³/mol. The van der Waals surface area contributed by atoms with Gasteiger partial charge in [0.1, 0.15) is 11.6 Å². The summed E-state index contributed by atoms with van der Waals surface area (Å²) in [7, 11) is 0. The van der Waals surface area contributed by atoms with Crippen LogP contribution in [0.1, 0.15) is 19.4 Å². The molecule has 0 aliphatic rings. The molecule has 152 valence electrons. The fourth-order valence-electron chi connectivity index (χ4n) is 3.17. The molecule has 4 rings (SSSR count). The van der Waals surface area contributed by atoms with Gasteiger partial charge in [0.2, 0.25) is 0 Å². The molecule has 0 atom stereocenters. The summed E-state index contributed by atoms with van der Waals surface area (Å²) in [5.41, 5.74) is 1.85. The average Bonchev–Trinajstić information content (AvgIpc) is 2.74. The second-order valence-corrected chi connectivity index (χ2v) is 7.72. The van der Waals surface area contributed by atoms with Gasteiger partial charge in [-0.15, -0.1) is 10.2 Å². The maximum Gasteiger partial charge on any atom is 0.314 e. The van der Waals surface area contributed by atoms with Gasteiger partial charge in [-0.05, 0) is 42.0 Å². The van der Waals surface area contributed by atoms with E-state index in [1.165, 1.54) is 12.1 Å². The Morgan fingerprint density at radius 3 is 2.27 bits per heavy atom. The van der Waals surface area contributed by atoms with Crippen LogP contribution in [0, 0.1) is 5.82 Å². The second kappa shape index (κ2) is 7.55. The van der Waals surface area contributed by atoms with E-state index < -0.39 is 11.1 Å². The molecule has 0 spiro atoms. The second-order valence-electron chi connectivity index (χ2n) is 7.72. The monoisotopic (exact) mass is 405 g/mol. The van der Waals surface area contributed by atoms with Crippen LogP contribution >= 0.6 is 0 Å². The van der Waals surface area contributed by atoms with Crippen LogP contribution in [0.2, 0.25) is 0 Å². The number of aromatic amines is 2. The smallest absolute Gasteiger partial charge is 0.314 e. The molecule has 0 bridgehead atoms. The molecule has 2 heterocycles. The van der Waals surface area contributed by atoms with Crippen molar-refractivity contribution in [3.63, 3.8) is 0 Å². The van der Waals surface area contributed by atoms with Crippen molar-refractivity contribution >= 4 is 16.9 Å². The van der Waals surface area contributed by atoms with E-state index in [0.29, 0.717) is 29.1 Å². The van der Waals surface area contributed by atoms with Gasteiger partial charge in [-0.1, -0.05) is 32.0 Å². The third-order valence-corrected chi connectivity index (χ3v) is 5.02. The highest BCUT2D eigenvalue weighted by atomic mass is 19.1. The number of hydrogen-bond acceptors (Lipinski definition) is 5. The Labute approximate surface area is 171 Å². The maximum atomic E-state index is 13.2. The van der Waals surface area contributed by atoms with E-state index in [4.69, 9.17) is 0 Å². The molecule has 0 aliphatic carbocycles. The van der Waals surface area contributed by atoms with Crippen molar-refractivity contribution in [1.29, 1.82) is 0 Å². The lowest BCUT2D eigenvalue weighted by molar-refractivity contribution is 0.552. The van der Waals surface area contributed by atoms with Crippen molar-refractivity contribution in [3.8, 4) is 11.3 Å². The van der Waals surface area contributed by atoms with Gasteiger partial charge in [-0.2, -0.15) is 0 Å². The fraction of sp³-hybridized carbons (Fsp3) is 0.182. The Morgan fingerprint density at radius 1 is 0.900 bits per heavy atom. The van der Waals surface area contributed by atoms with Crippen LogP contribution in [0.4, 0.5) is 10.2 Å². The highest BCUT2D eigenvalue weighted by Gasteiger charge is 2.20. The van der Waals surface area contributed by atoms with Gasteiger partial charge in [0.25, 0.3) is 0 Å². The molecule has 0 saturated carbocycles. The van der Waals surface area contributed by atoms with Crippen LogP contribution < -0.4 is 16.4 Å². The lowest BCUT2D eigenvalue weighted by Crippen LogP contribution is -2.28. The van der Waals surface area contributed by atoms with Crippen LogP contribution in [0.5, 0.6) is 0 Å². The summed E-state index contributed by atoms with van der Waals surface area (Å²) >= 11 is 0. The highest BCUT2D eigenvalue weighted by Crippen LogP contribution is 2.24. The largest absolute Gasteiger partial charge is 0.368 e. The van der Waals surface area contributed by atoms with E-state index in [9.17, 15) is 14.0 Å². The van der Waals surface area contributed by atoms with Gasteiger partial charge in [-0.3, -0.25) is 9.59 Å². The van der Waals surface area contributed by atoms with E-state index in [1.807, 2.05) is 12.1 Å². The Morgan fingerprint density at radius 2 is 1.60 bits per heavy atom. The van der Waals surface area contributed by atoms with Crippen LogP contribution in [-0.2, 0) is 5.41 Å². The molecule has 2 aromatic heterocycles. The number of fused-ring (bicyclic) bond motifs is 1. The number of hydrogen-bond donors (Lipinski definition) is 3. The third kappa shape index (κ3) is 3.98. The van der Waals surface area contributed by atoms with E-state index in [2.05, 4.69) is 39.3 Å². The summed E-state index contributed by atoms with van der Waals surface area (Å²) < 4.78 is 13.2. The molecule has 2 aromatic carbocycles. The Kier molecular flexibility index (Phi) is 4.91. The number of nitrogens with zero attached hydrogens (tertiary/aromatic N) is 2. The minimum absolute atomic E-state index is 0.227. The van der Waals surface area contributed by atoms with Crippen LogP contribution in [0.15, 0.2) is 64.2 Å². The summed E-state index contributed by atoms with van der Waals surface area (Å²) in [6.45, 7) is 4.72. The summed E-state index contributed by atoms with van der Waals surface area (Å²) in [6, 6.07) is 15.4. The normalized spacial score (nSPS) is 11.6. The summed E-state index contributed by atoms with van der Waals surface area (Å²) in [5, 5.41) is 11.7. The average molecular weight is 405 g/mol. The van der Waals surface area contributed by atoms with Crippen molar-refractivity contribution < 1.29 is 4.39 Å². The molecule has 3 N–H and O–H groups in total. The summed E-state index contributed by atoms with van der Waals surface area (Å²) in [5.74, 6) is 0.362. The highest BCUT2D eigenvalue weighted by molar-refractivity contribution is 5.80. The summed E-state index contributed by atoms with van der Waals surface area (Å²) in [6.07, 6.45) is 0. The molecule has 30 heavy (non-hydrogen) atoms. The number of anilines is 1. The van der Waals surface area contributed by atoms with Gasteiger partial charge in [0.15, 0.2) is 0 Å². The fourth-order valence-corrected chi connectivity index (χ4v) is 3.17. The van der Waals surface area contributed by atoms with E-state index >= 15 is 0 Å². The molecule has 0 aliphatic heterocycles. The molecular weight excluding hydrogens is 385 g/mol. The third-order valence-electron chi connectivity index (χ3n) is 5.02. The van der Waals surface area contributed by atoms with Crippen molar-refractivity contribution in [3.05, 3.63) is 86.7 Å². The minimum atomic E-state index is -0.700. The lowest BCUT2D eigenvalue weighted by atomic mass is 9.84. The maximum absolute atomic E-state index is 13.2. The zero-order valence-corrected chi connectivity index (χ0v) is 16.5. The van der Waals surface area contributed by atoms with Crippen molar-refractivity contribution in [2.24, 2.45) is 0 Å². The first-order valence-electron chi connectivity index (χ1n) is 9.42. The number of benzene rings is 2. The van der Waals surface area contributed by atoms with Crippen LogP contribution in [0.3, 0.4) is 0 Å². The number of aromatic nitrogens is 4. The van der Waals surface area contributed by atoms with E-state index in [0.717, 1.165) is 11.1 Å². The first-order valence-corrected chi connectivity index (χ1v) is 9.42. The number of nitrogens with one attached hydrogen (secondary N) is 3. The molecule has 0 fully saturated rings. The predicted octanol–water partition coefficient (Wildman–Crippen LogP) is 3.20. The van der Waals surface area contributed by atoms with Crippen LogP contribution in [0.25, 0.3) is 22.3 Å². The van der Waals surface area contributed by atoms with Gasteiger partial charge >= 0.3 is 11.1 Å². The topological polar surface area (TPSA) is 104 Å². The standard InChI is InChI=1S/C22H20FN5O2/c1-22(2,14-4-6-15(23)7-5-14)12-24-19-10-9-16(27-28-19)13-3-8-17-18(11-13)26-21(30)20(29)25-17/h3-11H,12H2,1-2H3,(H,24,28)(H,25,29)(H,26,30). The molecule has 0 amide bonds. The van der Waals surface area contributed by atoms with Gasteiger partial charge in [0, 0.05) is 17.5 Å². The van der Waals surface area contributed by atoms with Crippen molar-refractivity contribution in [2.75, 3.05) is 11.9 Å². The zero-order valence-electron chi connectivity index (χ0n) is 16.5. The molecule has 0 radical (unpaired) electrons. The Balaban J connectivity index is 1.51. The Bertz CT molecular complexity index is 1310. The summed E-state index contributed by atoms with van der Waals surface area (Å²) in [4.78, 5) is 28.0. The van der Waals surface area contributed by atoms with Crippen molar-refractivity contribution in [1.82, 2.24) is 20.2 Å². The number of rotatable bonds is 5. The van der Waals surface area contributed by atoms with Gasteiger partial charge < -0.3 is 15.3 Å². The molecule has 0 saturated heterocycles. The quantitative estimate of drug-likeness (QED) is 0.443. The number of H-pyrrole nitrogens is 2. The lowest BCUT2D eigenvalue weighted by Gasteiger charge is -2.25. The number of halogens is 1. The molecule has 7 nitrogen and oxygen atoms in total. The van der Waals surface area contributed by atoms with E-state index in [1.54, 1.807) is 30.3 Å². The van der Waals surface area contributed by atoms with E-state index in [-0.39, 0.29) is 11.2 Å². The van der Waals surface area contributed by atoms with Gasteiger partial charge in [-0.25, -0.2) is 4.39 Å². The van der Waals surface area contributed by atoms with Crippen molar-refractivity contribution in [2.45, 2.75) is 19.3 Å². The molecule has 4 aromatic rings. The Hall–Kier alpha value is -3.81.